The Hall–Kier alpha value is -1.94. The lowest BCUT2D eigenvalue weighted by molar-refractivity contribution is -0.152. The van der Waals surface area contributed by atoms with Crippen molar-refractivity contribution in [3.63, 3.8) is 0 Å². The molecule has 1 aliphatic heterocycles. The van der Waals surface area contributed by atoms with Crippen molar-refractivity contribution in [3.8, 4) is 0 Å². The molecule has 0 amide bonds. The van der Waals surface area contributed by atoms with E-state index in [1.54, 1.807) is 6.08 Å². The molecule has 0 fully saturated rings. The van der Waals surface area contributed by atoms with Gasteiger partial charge in [-0.05, 0) is 11.6 Å². The zero-order chi connectivity index (χ0) is 11.5. The van der Waals surface area contributed by atoms with Crippen LogP contribution in [0.15, 0.2) is 47.8 Å². The molecule has 0 radical (unpaired) electrons. The van der Waals surface area contributed by atoms with Gasteiger partial charge in [0.2, 0.25) is 12.1 Å². The number of hydrogen-bond acceptors (Lipinski definition) is 3. The van der Waals surface area contributed by atoms with Crippen molar-refractivity contribution in [1.82, 2.24) is 0 Å². The number of carbonyl (C=O) groups is 1. The predicted molar refractivity (Wildman–Crippen MR) is 55.7 cm³/mol. The molecular formula is C12H9FO3. The first-order chi connectivity index (χ1) is 7.68. The first kappa shape index (κ1) is 10.6. The third kappa shape index (κ3) is 2.01. The van der Waals surface area contributed by atoms with E-state index in [0.29, 0.717) is 0 Å². The minimum Gasteiger partial charge on any atom is -0.426 e. The highest BCUT2D eigenvalue weighted by Crippen LogP contribution is 2.23. The van der Waals surface area contributed by atoms with Crippen molar-refractivity contribution in [2.24, 2.45) is 0 Å². The molecule has 0 spiro atoms. The van der Waals surface area contributed by atoms with Gasteiger partial charge in [0.05, 0.1) is 5.57 Å². The van der Waals surface area contributed by atoms with Crippen LogP contribution in [0.2, 0.25) is 0 Å². The third-order valence-electron chi connectivity index (χ3n) is 2.17. The highest BCUT2D eigenvalue weighted by Gasteiger charge is 2.31. The molecule has 4 heteroatoms. The summed E-state index contributed by atoms with van der Waals surface area (Å²) in [6.45, 7) is 0. The fourth-order valence-electron chi connectivity index (χ4n) is 1.35. The number of cyclic esters (lactones) is 1. The second-order valence-electron chi connectivity index (χ2n) is 3.27. The highest BCUT2D eigenvalue weighted by atomic mass is 19.1. The summed E-state index contributed by atoms with van der Waals surface area (Å²) >= 11 is 0. The van der Waals surface area contributed by atoms with Crippen LogP contribution in [-0.4, -0.2) is 17.4 Å². The van der Waals surface area contributed by atoms with Gasteiger partial charge in [-0.1, -0.05) is 36.4 Å². The number of rotatable bonds is 2. The fraction of sp³-hybridized carbons (Fsp3) is 0.0833. The summed E-state index contributed by atoms with van der Waals surface area (Å²) in [5.74, 6) is -2.17. The Bertz CT molecular complexity index is 462. The smallest absolute Gasteiger partial charge is 0.370 e. The Morgan fingerprint density at radius 1 is 1.25 bits per heavy atom. The Morgan fingerprint density at radius 3 is 2.50 bits per heavy atom. The van der Waals surface area contributed by atoms with Crippen LogP contribution in [0.25, 0.3) is 6.08 Å². The van der Waals surface area contributed by atoms with Gasteiger partial charge >= 0.3 is 5.97 Å². The van der Waals surface area contributed by atoms with E-state index in [2.05, 4.69) is 4.74 Å². The number of hydrogen-bond donors (Lipinski definition) is 1. The van der Waals surface area contributed by atoms with Crippen molar-refractivity contribution < 1.29 is 19.0 Å². The van der Waals surface area contributed by atoms with E-state index in [1.807, 2.05) is 30.3 Å². The minimum atomic E-state index is -1.51. The molecule has 82 valence electrons. The van der Waals surface area contributed by atoms with Crippen LogP contribution in [0.3, 0.4) is 0 Å². The fourth-order valence-corrected chi connectivity index (χ4v) is 1.35. The summed E-state index contributed by atoms with van der Waals surface area (Å²) in [5.41, 5.74) is 0.697. The molecule has 1 unspecified atom stereocenters. The largest absolute Gasteiger partial charge is 0.426 e. The second-order valence-corrected chi connectivity index (χ2v) is 3.27. The Kier molecular flexibility index (Phi) is 2.83. The number of ether oxygens (including phenoxy) is 1. The predicted octanol–water partition coefficient (Wildman–Crippen LogP) is 1.80. The Morgan fingerprint density at radius 2 is 1.94 bits per heavy atom. The van der Waals surface area contributed by atoms with Crippen molar-refractivity contribution >= 4 is 12.0 Å². The monoisotopic (exact) mass is 220 g/mol. The van der Waals surface area contributed by atoms with E-state index in [0.717, 1.165) is 5.56 Å². The van der Waals surface area contributed by atoms with Gasteiger partial charge in [-0.2, -0.15) is 4.39 Å². The lowest BCUT2D eigenvalue weighted by Gasteiger charge is -2.01. The maximum atomic E-state index is 13.1. The molecular weight excluding hydrogens is 211 g/mol. The first-order valence-corrected chi connectivity index (χ1v) is 4.70. The molecule has 1 aliphatic rings. The van der Waals surface area contributed by atoms with Crippen molar-refractivity contribution in [2.75, 3.05) is 0 Å². The quantitative estimate of drug-likeness (QED) is 0.773. The van der Waals surface area contributed by atoms with Gasteiger partial charge < -0.3 is 9.84 Å². The van der Waals surface area contributed by atoms with Gasteiger partial charge in [-0.15, -0.1) is 0 Å². The molecule has 1 aromatic rings. The topological polar surface area (TPSA) is 46.5 Å². The lowest BCUT2D eigenvalue weighted by Crippen LogP contribution is -2.08. The molecule has 3 nitrogen and oxygen atoms in total. The van der Waals surface area contributed by atoms with E-state index in [4.69, 9.17) is 0 Å². The van der Waals surface area contributed by atoms with Crippen LogP contribution in [0, 0.1) is 0 Å². The van der Waals surface area contributed by atoms with Gasteiger partial charge in [0.15, 0.2) is 0 Å². The van der Waals surface area contributed by atoms with Crippen LogP contribution in [0.4, 0.5) is 4.39 Å². The van der Waals surface area contributed by atoms with Crippen LogP contribution in [0.5, 0.6) is 0 Å². The van der Waals surface area contributed by atoms with Gasteiger partial charge in [0.25, 0.3) is 0 Å². The summed E-state index contributed by atoms with van der Waals surface area (Å²) in [7, 11) is 0. The molecule has 1 N–H and O–H groups in total. The number of carbonyl (C=O) groups excluding carboxylic acids is 1. The summed E-state index contributed by atoms with van der Waals surface area (Å²) in [6, 6.07) is 9.15. The number of benzene rings is 1. The maximum absolute atomic E-state index is 13.1. The first-order valence-electron chi connectivity index (χ1n) is 4.70. The zero-order valence-corrected chi connectivity index (χ0v) is 8.26. The average Bonchev–Trinajstić information content (AvgIpc) is 2.53. The molecule has 1 aromatic carbocycles. The lowest BCUT2D eigenvalue weighted by atomic mass is 10.1. The molecule has 0 saturated carbocycles. The van der Waals surface area contributed by atoms with Gasteiger partial charge in [-0.3, -0.25) is 0 Å². The summed E-state index contributed by atoms with van der Waals surface area (Å²) in [6.07, 6.45) is 1.42. The third-order valence-corrected chi connectivity index (χ3v) is 2.17. The number of halogens is 1. The van der Waals surface area contributed by atoms with Crippen LogP contribution in [0.1, 0.15) is 5.56 Å². The number of aliphatic hydroxyl groups is 1. The average molecular weight is 220 g/mol. The van der Waals surface area contributed by atoms with E-state index < -0.39 is 18.1 Å². The van der Waals surface area contributed by atoms with Gasteiger partial charge in [0.1, 0.15) is 0 Å². The highest BCUT2D eigenvalue weighted by molar-refractivity contribution is 5.90. The Labute approximate surface area is 91.5 Å². The molecule has 1 heterocycles. The summed E-state index contributed by atoms with van der Waals surface area (Å²) in [4.78, 5) is 10.8. The molecule has 0 aromatic heterocycles. The van der Waals surface area contributed by atoms with Crippen LogP contribution < -0.4 is 0 Å². The van der Waals surface area contributed by atoms with Crippen LogP contribution in [-0.2, 0) is 9.53 Å². The SMILES string of the molecule is O=C1OC(O)C(/C=C/c2ccccc2)=C1F. The Balaban J connectivity index is 2.22. The standard InChI is InChI=1S/C12H9FO3/c13-10-9(11(14)16-12(10)15)7-6-8-4-2-1-3-5-8/h1-7,11,14H/b7-6+. The van der Waals surface area contributed by atoms with Crippen molar-refractivity contribution in [3.05, 3.63) is 53.4 Å². The maximum Gasteiger partial charge on any atom is 0.370 e. The van der Waals surface area contributed by atoms with Crippen molar-refractivity contribution in [1.29, 1.82) is 0 Å². The molecule has 2 rings (SSSR count). The normalized spacial score (nSPS) is 20.6. The van der Waals surface area contributed by atoms with Crippen LogP contribution >= 0.6 is 0 Å². The molecule has 1 atom stereocenters. The van der Waals surface area contributed by atoms with Gasteiger partial charge in [0, 0.05) is 0 Å². The van der Waals surface area contributed by atoms with E-state index in [-0.39, 0.29) is 5.57 Å². The number of aliphatic hydroxyl groups excluding tert-OH is 1. The molecule has 0 aliphatic carbocycles. The van der Waals surface area contributed by atoms with E-state index in [9.17, 15) is 14.3 Å². The van der Waals surface area contributed by atoms with Crippen molar-refractivity contribution in [2.45, 2.75) is 6.29 Å². The molecule has 0 bridgehead atoms. The minimum absolute atomic E-state index is 0.145. The number of esters is 1. The zero-order valence-electron chi connectivity index (χ0n) is 8.26. The molecule has 0 saturated heterocycles. The summed E-state index contributed by atoms with van der Waals surface area (Å²) < 4.78 is 17.4. The van der Waals surface area contributed by atoms with E-state index in [1.165, 1.54) is 6.08 Å². The van der Waals surface area contributed by atoms with Gasteiger partial charge in [-0.25, -0.2) is 4.79 Å². The second kappa shape index (κ2) is 4.28. The van der Waals surface area contributed by atoms with E-state index >= 15 is 0 Å². The molecule has 16 heavy (non-hydrogen) atoms. The summed E-state index contributed by atoms with van der Waals surface area (Å²) in [5, 5.41) is 9.22.